The maximum absolute atomic E-state index is 6.62. The maximum Gasteiger partial charge on any atom is 0.192 e. The van der Waals surface area contributed by atoms with E-state index in [1.807, 2.05) is 12.1 Å². The van der Waals surface area contributed by atoms with E-state index < -0.39 is 8.32 Å². The fourth-order valence-electron chi connectivity index (χ4n) is 2.40. The third-order valence-corrected chi connectivity index (χ3v) is 9.70. The van der Waals surface area contributed by atoms with Gasteiger partial charge in [-0.25, -0.2) is 0 Å². The molecule has 0 aliphatic carbocycles. The molecular formula is C17H27Cl2NO2Si. The Labute approximate surface area is 150 Å². The summed E-state index contributed by atoms with van der Waals surface area (Å²) in [6, 6.07) is 5.60. The summed E-state index contributed by atoms with van der Waals surface area (Å²) in [5.41, 5.74) is 0.904. The number of nitrogens with one attached hydrogen (secondary N) is 1. The molecule has 0 aromatic heterocycles. The number of hydrogen-bond acceptors (Lipinski definition) is 3. The van der Waals surface area contributed by atoms with Crippen LogP contribution in [-0.2, 0) is 9.16 Å². The Morgan fingerprint density at radius 3 is 2.35 bits per heavy atom. The lowest BCUT2D eigenvalue weighted by molar-refractivity contribution is 0.00887. The van der Waals surface area contributed by atoms with Gasteiger partial charge in [0.25, 0.3) is 0 Å². The van der Waals surface area contributed by atoms with E-state index in [1.165, 1.54) is 0 Å². The standard InChI is InChI=1S/C17H27Cl2NO2Si/c1-17(2,3)23(4,5)22-16-6-7-21-11-15(16)20-14-9-12(18)8-13(19)10-14/h8-10,15-16,20H,6-7,11H2,1-5H3/t15-,16-/m1/s1. The summed E-state index contributed by atoms with van der Waals surface area (Å²) in [6.45, 7) is 12.7. The Kier molecular flexibility index (Phi) is 6.07. The minimum Gasteiger partial charge on any atom is -0.412 e. The Balaban J connectivity index is 2.12. The summed E-state index contributed by atoms with van der Waals surface area (Å²) in [4.78, 5) is 0. The van der Waals surface area contributed by atoms with Crippen molar-refractivity contribution in [3.8, 4) is 0 Å². The molecule has 1 N–H and O–H groups in total. The summed E-state index contributed by atoms with van der Waals surface area (Å²) < 4.78 is 12.3. The zero-order valence-corrected chi connectivity index (χ0v) is 17.1. The van der Waals surface area contributed by atoms with Crippen molar-refractivity contribution in [2.45, 2.75) is 57.5 Å². The van der Waals surface area contributed by atoms with Crippen LogP contribution in [0.25, 0.3) is 0 Å². The number of anilines is 1. The second-order valence-corrected chi connectivity index (χ2v) is 13.3. The highest BCUT2D eigenvalue weighted by molar-refractivity contribution is 6.74. The molecule has 1 aromatic rings. The first-order valence-electron chi connectivity index (χ1n) is 8.07. The fourth-order valence-corrected chi connectivity index (χ4v) is 4.32. The third-order valence-electron chi connectivity index (χ3n) is 4.76. The zero-order valence-electron chi connectivity index (χ0n) is 14.6. The predicted octanol–water partition coefficient (Wildman–Crippen LogP) is 5.58. The van der Waals surface area contributed by atoms with Gasteiger partial charge in [-0.3, -0.25) is 0 Å². The van der Waals surface area contributed by atoms with Crippen molar-refractivity contribution >= 4 is 37.2 Å². The fraction of sp³-hybridized carbons (Fsp3) is 0.647. The van der Waals surface area contributed by atoms with Crippen molar-refractivity contribution in [3.05, 3.63) is 28.2 Å². The number of halogens is 2. The first-order chi connectivity index (χ1) is 10.6. The largest absolute Gasteiger partial charge is 0.412 e. The van der Waals surface area contributed by atoms with Crippen LogP contribution in [-0.4, -0.2) is 33.7 Å². The Morgan fingerprint density at radius 1 is 1.17 bits per heavy atom. The average molecular weight is 376 g/mol. The van der Waals surface area contributed by atoms with Crippen LogP contribution in [0.2, 0.25) is 28.2 Å². The molecule has 3 nitrogen and oxygen atoms in total. The molecule has 0 radical (unpaired) electrons. The van der Waals surface area contributed by atoms with E-state index in [1.54, 1.807) is 6.07 Å². The lowest BCUT2D eigenvalue weighted by Gasteiger charge is -2.43. The molecule has 1 fully saturated rings. The van der Waals surface area contributed by atoms with Crippen LogP contribution in [0.3, 0.4) is 0 Å². The predicted molar refractivity (Wildman–Crippen MR) is 101 cm³/mol. The quantitative estimate of drug-likeness (QED) is 0.696. The highest BCUT2D eigenvalue weighted by Crippen LogP contribution is 2.38. The van der Waals surface area contributed by atoms with Crippen LogP contribution < -0.4 is 5.32 Å². The van der Waals surface area contributed by atoms with E-state index in [4.69, 9.17) is 32.4 Å². The summed E-state index contributed by atoms with van der Waals surface area (Å²) in [7, 11) is -1.82. The molecule has 1 heterocycles. The van der Waals surface area contributed by atoms with E-state index in [0.717, 1.165) is 18.7 Å². The molecular weight excluding hydrogens is 349 g/mol. The second-order valence-electron chi connectivity index (χ2n) is 7.69. The van der Waals surface area contributed by atoms with Gasteiger partial charge < -0.3 is 14.5 Å². The number of hydrogen-bond donors (Lipinski definition) is 1. The van der Waals surface area contributed by atoms with Crippen LogP contribution in [0.5, 0.6) is 0 Å². The maximum atomic E-state index is 6.62. The molecule has 23 heavy (non-hydrogen) atoms. The summed E-state index contributed by atoms with van der Waals surface area (Å²) in [5.74, 6) is 0. The highest BCUT2D eigenvalue weighted by atomic mass is 35.5. The molecule has 0 bridgehead atoms. The van der Waals surface area contributed by atoms with Gasteiger partial charge in [0.05, 0.1) is 18.8 Å². The molecule has 2 atom stereocenters. The van der Waals surface area contributed by atoms with Crippen LogP contribution in [0.15, 0.2) is 18.2 Å². The minimum absolute atomic E-state index is 0.104. The molecule has 0 spiro atoms. The van der Waals surface area contributed by atoms with E-state index in [2.05, 4.69) is 39.2 Å². The molecule has 130 valence electrons. The first kappa shape index (κ1) is 19.1. The van der Waals surface area contributed by atoms with E-state index in [-0.39, 0.29) is 17.2 Å². The Hall–Kier alpha value is -0.263. The molecule has 1 saturated heterocycles. The summed E-state index contributed by atoms with van der Waals surface area (Å²) >= 11 is 12.2. The monoisotopic (exact) mass is 375 g/mol. The average Bonchev–Trinajstić information content (AvgIpc) is 2.38. The van der Waals surface area contributed by atoms with Crippen LogP contribution >= 0.6 is 23.2 Å². The van der Waals surface area contributed by atoms with Gasteiger partial charge in [-0.1, -0.05) is 44.0 Å². The van der Waals surface area contributed by atoms with Gasteiger partial charge in [0.1, 0.15) is 0 Å². The van der Waals surface area contributed by atoms with Gasteiger partial charge in [0, 0.05) is 22.3 Å². The van der Waals surface area contributed by atoms with Gasteiger partial charge in [-0.05, 0) is 42.8 Å². The van der Waals surface area contributed by atoms with Crippen LogP contribution in [0, 0.1) is 0 Å². The van der Waals surface area contributed by atoms with Gasteiger partial charge in [0.2, 0.25) is 0 Å². The van der Waals surface area contributed by atoms with Crippen molar-refractivity contribution in [2.75, 3.05) is 18.5 Å². The van der Waals surface area contributed by atoms with E-state index in [9.17, 15) is 0 Å². The lowest BCUT2D eigenvalue weighted by Crippen LogP contribution is -2.52. The van der Waals surface area contributed by atoms with Crippen LogP contribution in [0.4, 0.5) is 5.69 Å². The molecule has 1 aliphatic rings. The van der Waals surface area contributed by atoms with E-state index in [0.29, 0.717) is 16.7 Å². The molecule has 1 aromatic carbocycles. The topological polar surface area (TPSA) is 30.5 Å². The summed E-state index contributed by atoms with van der Waals surface area (Å²) in [6.07, 6.45) is 1.04. The van der Waals surface area contributed by atoms with Crippen molar-refractivity contribution in [2.24, 2.45) is 0 Å². The van der Waals surface area contributed by atoms with Gasteiger partial charge >= 0.3 is 0 Å². The number of ether oxygens (including phenoxy) is 1. The smallest absolute Gasteiger partial charge is 0.192 e. The van der Waals surface area contributed by atoms with Gasteiger partial charge in [0.15, 0.2) is 8.32 Å². The van der Waals surface area contributed by atoms with Gasteiger partial charge in [-0.2, -0.15) is 0 Å². The van der Waals surface area contributed by atoms with Crippen molar-refractivity contribution < 1.29 is 9.16 Å². The lowest BCUT2D eigenvalue weighted by atomic mass is 10.1. The number of rotatable bonds is 4. The Morgan fingerprint density at radius 2 is 1.78 bits per heavy atom. The molecule has 0 amide bonds. The SMILES string of the molecule is CC(C)(C)[Si](C)(C)O[C@@H]1CCOC[C@H]1Nc1cc(Cl)cc(Cl)c1. The molecule has 1 aliphatic heterocycles. The zero-order chi connectivity index (χ0) is 17.3. The normalized spacial score (nSPS) is 22.9. The molecule has 0 saturated carbocycles. The highest BCUT2D eigenvalue weighted by Gasteiger charge is 2.41. The van der Waals surface area contributed by atoms with Gasteiger partial charge in [-0.15, -0.1) is 0 Å². The second kappa shape index (κ2) is 7.32. The van der Waals surface area contributed by atoms with Crippen molar-refractivity contribution in [1.82, 2.24) is 0 Å². The van der Waals surface area contributed by atoms with Crippen LogP contribution in [0.1, 0.15) is 27.2 Å². The Bertz CT molecular complexity index is 526. The van der Waals surface area contributed by atoms with Crippen molar-refractivity contribution in [1.29, 1.82) is 0 Å². The van der Waals surface area contributed by atoms with Crippen molar-refractivity contribution in [3.63, 3.8) is 0 Å². The molecule has 2 rings (SSSR count). The molecule has 6 heteroatoms. The summed E-state index contributed by atoms with van der Waals surface area (Å²) in [5, 5.41) is 4.93. The molecule has 0 unspecified atom stereocenters. The minimum atomic E-state index is -1.82. The van der Waals surface area contributed by atoms with E-state index >= 15 is 0 Å². The number of benzene rings is 1. The third kappa shape index (κ3) is 5.10. The first-order valence-corrected chi connectivity index (χ1v) is 11.7.